The molecule has 3 rings (SSSR count). The highest BCUT2D eigenvalue weighted by molar-refractivity contribution is 7.99. The normalized spacial score (nSPS) is 16.7. The number of hydrogen-bond acceptors (Lipinski definition) is 3. The van der Waals surface area contributed by atoms with Gasteiger partial charge >= 0.3 is 5.97 Å². The molecule has 1 aromatic carbocycles. The Morgan fingerprint density at radius 3 is 2.89 bits per heavy atom. The molecule has 0 unspecified atom stereocenters. The Bertz CT molecular complexity index is 659. The van der Waals surface area contributed by atoms with Crippen molar-refractivity contribution < 1.29 is 9.90 Å². The number of carboxylic acids is 1. The molecule has 1 saturated carbocycles. The van der Waals surface area contributed by atoms with E-state index in [-0.39, 0.29) is 11.3 Å². The highest BCUT2D eigenvalue weighted by atomic mass is 32.2. The van der Waals surface area contributed by atoms with Crippen molar-refractivity contribution in [1.82, 2.24) is 9.55 Å². The van der Waals surface area contributed by atoms with Gasteiger partial charge in [0.25, 0.3) is 0 Å². The molecule has 0 bridgehead atoms. The number of aromatic nitrogens is 2. The first-order chi connectivity index (χ1) is 8.99. The summed E-state index contributed by atoms with van der Waals surface area (Å²) in [6.45, 7) is 4.25. The minimum Gasteiger partial charge on any atom is -0.481 e. The summed E-state index contributed by atoms with van der Waals surface area (Å²) in [6, 6.07) is 6.23. The van der Waals surface area contributed by atoms with Crippen LogP contribution in [0.15, 0.2) is 23.4 Å². The maximum Gasteiger partial charge on any atom is 0.313 e. The molecule has 1 heterocycles. The summed E-state index contributed by atoms with van der Waals surface area (Å²) >= 11 is 1.31. The number of carboxylic acid groups (broad SMARTS) is 1. The van der Waals surface area contributed by atoms with E-state index in [1.165, 1.54) is 17.3 Å². The van der Waals surface area contributed by atoms with Crippen LogP contribution in [-0.4, -0.2) is 26.4 Å². The van der Waals surface area contributed by atoms with Crippen molar-refractivity contribution in [2.24, 2.45) is 0 Å². The fourth-order valence-corrected chi connectivity index (χ4v) is 3.18. The lowest BCUT2D eigenvalue weighted by Crippen LogP contribution is -2.14. The van der Waals surface area contributed by atoms with Crippen molar-refractivity contribution in [3.63, 3.8) is 0 Å². The zero-order chi connectivity index (χ0) is 13.6. The Morgan fingerprint density at radius 2 is 2.26 bits per heavy atom. The Kier molecular flexibility index (Phi) is 2.82. The van der Waals surface area contributed by atoms with Crippen LogP contribution < -0.4 is 0 Å². The van der Waals surface area contributed by atoms with E-state index in [1.54, 1.807) is 0 Å². The lowest BCUT2D eigenvalue weighted by Gasteiger charge is -2.15. The van der Waals surface area contributed by atoms with Crippen LogP contribution >= 0.6 is 11.8 Å². The predicted octanol–water partition coefficient (Wildman–Crippen LogP) is 3.03. The van der Waals surface area contributed by atoms with Gasteiger partial charge in [-0.25, -0.2) is 4.98 Å². The van der Waals surface area contributed by atoms with Crippen molar-refractivity contribution in [3.05, 3.63) is 23.8 Å². The molecule has 5 heteroatoms. The van der Waals surface area contributed by atoms with E-state index in [1.807, 2.05) is 6.92 Å². The topological polar surface area (TPSA) is 55.1 Å². The molecule has 0 amide bonds. The van der Waals surface area contributed by atoms with E-state index in [9.17, 15) is 4.79 Å². The molecule has 1 N–H and O–H groups in total. The lowest BCUT2D eigenvalue weighted by atomic mass is 10.2. The molecular weight excluding hydrogens is 260 g/mol. The Balaban J connectivity index is 2.11. The summed E-state index contributed by atoms with van der Waals surface area (Å²) in [6.07, 6.45) is 2.26. The Labute approximate surface area is 115 Å². The largest absolute Gasteiger partial charge is 0.481 e. The second kappa shape index (κ2) is 4.27. The number of fused-ring (bicyclic) bond motifs is 1. The van der Waals surface area contributed by atoms with Gasteiger partial charge in [0.1, 0.15) is 0 Å². The second-order valence-electron chi connectivity index (χ2n) is 5.40. The first kappa shape index (κ1) is 12.5. The standard InChI is InChI=1S/C14H16N2O2S/c1-9-3-4-11-10(7-9)15-13(19-8-12(17)18)16(11)14(2)5-6-14/h3-4,7H,5-6,8H2,1-2H3,(H,17,18). The first-order valence-electron chi connectivity index (χ1n) is 6.34. The molecule has 19 heavy (non-hydrogen) atoms. The van der Waals surface area contributed by atoms with E-state index >= 15 is 0 Å². The quantitative estimate of drug-likeness (QED) is 0.872. The number of hydrogen-bond donors (Lipinski definition) is 1. The molecule has 100 valence electrons. The van der Waals surface area contributed by atoms with Crippen molar-refractivity contribution in [1.29, 1.82) is 0 Å². The number of thioether (sulfide) groups is 1. The summed E-state index contributed by atoms with van der Waals surface area (Å²) in [5.74, 6) is -0.751. The molecule has 0 saturated heterocycles. The second-order valence-corrected chi connectivity index (χ2v) is 6.34. The van der Waals surface area contributed by atoms with E-state index in [0.717, 1.165) is 29.0 Å². The molecule has 0 atom stereocenters. The minimum absolute atomic E-state index is 0.0540. The molecule has 0 aliphatic heterocycles. The maximum absolute atomic E-state index is 10.8. The number of benzene rings is 1. The Hall–Kier alpha value is -1.49. The van der Waals surface area contributed by atoms with Gasteiger partial charge in [-0.05, 0) is 44.4 Å². The summed E-state index contributed by atoms with van der Waals surface area (Å²) in [7, 11) is 0. The van der Waals surface area contributed by atoms with Gasteiger partial charge in [0.15, 0.2) is 5.16 Å². The van der Waals surface area contributed by atoms with Crippen LogP contribution in [0, 0.1) is 6.92 Å². The maximum atomic E-state index is 10.8. The highest BCUT2D eigenvalue weighted by Crippen LogP contribution is 2.47. The van der Waals surface area contributed by atoms with Crippen LogP contribution in [0.2, 0.25) is 0 Å². The summed E-state index contributed by atoms with van der Waals surface area (Å²) in [5.41, 5.74) is 3.36. The van der Waals surface area contributed by atoms with Crippen LogP contribution in [0.3, 0.4) is 0 Å². The highest BCUT2D eigenvalue weighted by Gasteiger charge is 2.42. The van der Waals surface area contributed by atoms with Crippen LogP contribution in [-0.2, 0) is 10.3 Å². The van der Waals surface area contributed by atoms with Crippen molar-refractivity contribution in [2.75, 3.05) is 5.75 Å². The first-order valence-corrected chi connectivity index (χ1v) is 7.32. The minimum atomic E-state index is -0.805. The van der Waals surface area contributed by atoms with Gasteiger partial charge in [0.2, 0.25) is 0 Å². The fraction of sp³-hybridized carbons (Fsp3) is 0.429. The summed E-state index contributed by atoms with van der Waals surface area (Å²) in [4.78, 5) is 15.4. The number of aliphatic carboxylic acids is 1. The summed E-state index contributed by atoms with van der Waals surface area (Å²) < 4.78 is 2.22. The van der Waals surface area contributed by atoms with Gasteiger partial charge in [-0.1, -0.05) is 17.8 Å². The van der Waals surface area contributed by atoms with Gasteiger partial charge < -0.3 is 9.67 Å². The van der Waals surface area contributed by atoms with Crippen molar-refractivity contribution in [2.45, 2.75) is 37.4 Å². The van der Waals surface area contributed by atoms with Gasteiger partial charge in [0.05, 0.1) is 16.8 Å². The third-order valence-electron chi connectivity index (χ3n) is 3.62. The van der Waals surface area contributed by atoms with Gasteiger partial charge in [-0.15, -0.1) is 0 Å². The predicted molar refractivity (Wildman–Crippen MR) is 75.7 cm³/mol. The third-order valence-corrected chi connectivity index (χ3v) is 4.54. The smallest absolute Gasteiger partial charge is 0.313 e. The lowest BCUT2D eigenvalue weighted by molar-refractivity contribution is -0.133. The van der Waals surface area contributed by atoms with Crippen molar-refractivity contribution >= 4 is 28.8 Å². The zero-order valence-electron chi connectivity index (χ0n) is 11.0. The van der Waals surface area contributed by atoms with Crippen LogP contribution in [0.4, 0.5) is 0 Å². The number of nitrogens with zero attached hydrogens (tertiary/aromatic N) is 2. The van der Waals surface area contributed by atoms with Crippen molar-refractivity contribution in [3.8, 4) is 0 Å². The molecule has 0 spiro atoms. The summed E-state index contributed by atoms with van der Waals surface area (Å²) in [5, 5.41) is 9.67. The average molecular weight is 276 g/mol. The molecule has 4 nitrogen and oxygen atoms in total. The monoisotopic (exact) mass is 276 g/mol. The van der Waals surface area contributed by atoms with E-state index in [4.69, 9.17) is 5.11 Å². The van der Waals surface area contributed by atoms with E-state index < -0.39 is 5.97 Å². The molecule has 0 radical (unpaired) electrons. The molecule has 1 aliphatic rings. The van der Waals surface area contributed by atoms with E-state index in [2.05, 4.69) is 34.7 Å². The van der Waals surface area contributed by atoms with Crippen LogP contribution in [0.5, 0.6) is 0 Å². The molecule has 1 aliphatic carbocycles. The molecule has 1 fully saturated rings. The third kappa shape index (κ3) is 2.23. The average Bonchev–Trinajstić information content (AvgIpc) is 2.97. The molecule has 2 aromatic rings. The number of aryl methyl sites for hydroxylation is 1. The number of rotatable bonds is 4. The van der Waals surface area contributed by atoms with Gasteiger partial charge in [0, 0.05) is 5.54 Å². The van der Waals surface area contributed by atoms with E-state index in [0.29, 0.717) is 0 Å². The molecule has 1 aromatic heterocycles. The van der Waals surface area contributed by atoms with Gasteiger partial charge in [-0.2, -0.15) is 0 Å². The fourth-order valence-electron chi connectivity index (χ4n) is 2.32. The number of imidazole rings is 1. The Morgan fingerprint density at radius 1 is 1.53 bits per heavy atom. The van der Waals surface area contributed by atoms with Gasteiger partial charge in [-0.3, -0.25) is 4.79 Å². The number of carbonyl (C=O) groups is 1. The van der Waals surface area contributed by atoms with Crippen LogP contribution in [0.1, 0.15) is 25.3 Å². The van der Waals surface area contributed by atoms with Crippen LogP contribution in [0.25, 0.3) is 11.0 Å². The molecular formula is C14H16N2O2S. The SMILES string of the molecule is Cc1ccc2c(c1)nc(SCC(=O)O)n2C1(C)CC1. The zero-order valence-corrected chi connectivity index (χ0v) is 11.8.